The van der Waals surface area contributed by atoms with Crippen LogP contribution in [0.2, 0.25) is 0 Å². The van der Waals surface area contributed by atoms with Crippen LogP contribution in [-0.2, 0) is 10.7 Å². The van der Waals surface area contributed by atoms with Gasteiger partial charge < -0.3 is 0 Å². The maximum atomic E-state index is 12.8. The molecule has 0 unspecified atom stereocenters. The van der Waals surface area contributed by atoms with Crippen molar-refractivity contribution in [3.05, 3.63) is 35.4 Å². The quantitative estimate of drug-likeness (QED) is 0.721. The van der Waals surface area contributed by atoms with Gasteiger partial charge in [-0.15, -0.1) is 0 Å². The Morgan fingerprint density at radius 1 is 1.00 bits per heavy atom. The van der Waals surface area contributed by atoms with Gasteiger partial charge in [0.05, 0.1) is 5.41 Å². The molecule has 0 fully saturated rings. The largest absolute Gasteiger partial charge is 0.250 e. The third-order valence-electron chi connectivity index (χ3n) is 2.50. The van der Waals surface area contributed by atoms with Crippen LogP contribution in [0, 0.1) is 0 Å². The molecule has 0 N–H and O–H groups in total. The standard InChI is InChI=1S/C11H12BrF3/c12-5-9-3-1-2-4-10(9)11(6-13,7-14)8-15/h1-4H,5-8H2. The smallest absolute Gasteiger partial charge is 0.104 e. The number of hydrogen-bond donors (Lipinski definition) is 0. The topological polar surface area (TPSA) is 0 Å². The Bertz CT molecular complexity index is 302. The van der Waals surface area contributed by atoms with Crippen molar-refractivity contribution in [1.82, 2.24) is 0 Å². The molecule has 1 rings (SSSR count). The fraction of sp³-hybridized carbons (Fsp3) is 0.455. The molecule has 0 saturated heterocycles. The highest BCUT2D eigenvalue weighted by Gasteiger charge is 2.34. The van der Waals surface area contributed by atoms with Gasteiger partial charge >= 0.3 is 0 Å². The summed E-state index contributed by atoms with van der Waals surface area (Å²) in [6.45, 7) is -3.07. The zero-order valence-corrected chi connectivity index (χ0v) is 9.74. The maximum absolute atomic E-state index is 12.8. The summed E-state index contributed by atoms with van der Waals surface area (Å²) in [5.41, 5.74) is -0.482. The molecule has 0 amide bonds. The molecule has 0 radical (unpaired) electrons. The van der Waals surface area contributed by atoms with Gasteiger partial charge in [-0.1, -0.05) is 40.2 Å². The molecular weight excluding hydrogens is 269 g/mol. The van der Waals surface area contributed by atoms with Gasteiger partial charge in [0, 0.05) is 5.33 Å². The van der Waals surface area contributed by atoms with Crippen molar-refractivity contribution in [3.63, 3.8) is 0 Å². The van der Waals surface area contributed by atoms with Crippen LogP contribution in [-0.4, -0.2) is 20.0 Å². The second-order valence-corrected chi connectivity index (χ2v) is 4.03. The molecule has 0 aliphatic carbocycles. The highest BCUT2D eigenvalue weighted by molar-refractivity contribution is 9.08. The number of rotatable bonds is 5. The minimum atomic E-state index is -1.62. The van der Waals surface area contributed by atoms with Gasteiger partial charge in [0.15, 0.2) is 0 Å². The number of halogens is 4. The second-order valence-electron chi connectivity index (χ2n) is 3.47. The third-order valence-corrected chi connectivity index (χ3v) is 3.10. The molecule has 0 saturated carbocycles. The Morgan fingerprint density at radius 3 is 2.00 bits per heavy atom. The average Bonchev–Trinajstić information content (AvgIpc) is 2.33. The molecule has 4 heteroatoms. The lowest BCUT2D eigenvalue weighted by Gasteiger charge is -2.26. The van der Waals surface area contributed by atoms with E-state index in [-0.39, 0.29) is 0 Å². The lowest BCUT2D eigenvalue weighted by Crippen LogP contribution is -2.34. The van der Waals surface area contributed by atoms with E-state index in [1.54, 1.807) is 24.3 Å². The summed E-state index contributed by atoms with van der Waals surface area (Å²) in [6.07, 6.45) is 0. The first-order valence-electron chi connectivity index (χ1n) is 4.56. The van der Waals surface area contributed by atoms with Gasteiger partial charge in [-0.2, -0.15) is 0 Å². The van der Waals surface area contributed by atoms with E-state index in [9.17, 15) is 13.2 Å². The molecule has 0 heterocycles. The van der Waals surface area contributed by atoms with Crippen molar-refractivity contribution >= 4 is 15.9 Å². The lowest BCUT2D eigenvalue weighted by atomic mass is 9.82. The van der Waals surface area contributed by atoms with Gasteiger partial charge in [-0.3, -0.25) is 0 Å². The zero-order valence-electron chi connectivity index (χ0n) is 8.15. The van der Waals surface area contributed by atoms with E-state index in [1.165, 1.54) is 0 Å². The minimum Gasteiger partial charge on any atom is -0.250 e. The van der Waals surface area contributed by atoms with E-state index >= 15 is 0 Å². The number of hydrogen-bond acceptors (Lipinski definition) is 0. The van der Waals surface area contributed by atoms with Gasteiger partial charge in [0.2, 0.25) is 0 Å². The SMILES string of the molecule is FCC(CF)(CF)c1ccccc1CBr. The van der Waals surface area contributed by atoms with Gasteiger partial charge in [-0.25, -0.2) is 13.2 Å². The van der Waals surface area contributed by atoms with Gasteiger partial charge in [0.25, 0.3) is 0 Å². The van der Waals surface area contributed by atoms with Crippen LogP contribution in [0.15, 0.2) is 24.3 Å². The fourth-order valence-corrected chi connectivity index (χ4v) is 1.97. The van der Waals surface area contributed by atoms with Crippen LogP contribution >= 0.6 is 15.9 Å². The highest BCUT2D eigenvalue weighted by atomic mass is 79.9. The summed E-state index contributed by atoms with van der Waals surface area (Å²) < 4.78 is 38.5. The third kappa shape index (κ3) is 2.36. The van der Waals surface area contributed by atoms with Crippen molar-refractivity contribution < 1.29 is 13.2 Å². The van der Waals surface area contributed by atoms with Crippen molar-refractivity contribution in [2.75, 3.05) is 20.0 Å². The van der Waals surface area contributed by atoms with Crippen LogP contribution in [0.25, 0.3) is 0 Å². The van der Waals surface area contributed by atoms with Crippen molar-refractivity contribution in [2.24, 2.45) is 0 Å². The van der Waals surface area contributed by atoms with Crippen LogP contribution in [0.4, 0.5) is 13.2 Å². The molecule has 0 atom stereocenters. The lowest BCUT2D eigenvalue weighted by molar-refractivity contribution is 0.191. The first kappa shape index (κ1) is 12.6. The molecule has 0 aromatic heterocycles. The van der Waals surface area contributed by atoms with E-state index in [0.717, 1.165) is 5.56 Å². The van der Waals surface area contributed by atoms with Crippen LogP contribution in [0.5, 0.6) is 0 Å². The summed E-state index contributed by atoms with van der Waals surface area (Å²) in [4.78, 5) is 0. The van der Waals surface area contributed by atoms with Gasteiger partial charge in [0.1, 0.15) is 20.0 Å². The molecular formula is C11H12BrF3. The normalized spacial score (nSPS) is 11.7. The first-order chi connectivity index (χ1) is 7.24. The minimum absolute atomic E-state index is 0.411. The highest BCUT2D eigenvalue weighted by Crippen LogP contribution is 2.30. The van der Waals surface area contributed by atoms with E-state index in [4.69, 9.17) is 0 Å². The predicted octanol–water partition coefficient (Wildman–Crippen LogP) is 3.73. The molecule has 0 spiro atoms. The van der Waals surface area contributed by atoms with Crippen LogP contribution in [0.3, 0.4) is 0 Å². The van der Waals surface area contributed by atoms with Crippen LogP contribution < -0.4 is 0 Å². The predicted molar refractivity (Wildman–Crippen MR) is 58.7 cm³/mol. The zero-order chi connectivity index (χ0) is 11.3. The summed E-state index contributed by atoms with van der Waals surface area (Å²) in [7, 11) is 0. The van der Waals surface area contributed by atoms with Crippen molar-refractivity contribution in [3.8, 4) is 0 Å². The van der Waals surface area contributed by atoms with Gasteiger partial charge in [-0.05, 0) is 11.1 Å². The Kier molecular flexibility index (Phi) is 4.64. The van der Waals surface area contributed by atoms with E-state index in [2.05, 4.69) is 15.9 Å². The summed E-state index contributed by atoms with van der Waals surface area (Å²) in [5.74, 6) is 0. The van der Waals surface area contributed by atoms with Crippen LogP contribution in [0.1, 0.15) is 11.1 Å². The van der Waals surface area contributed by atoms with Crippen molar-refractivity contribution in [2.45, 2.75) is 10.7 Å². The Labute approximate surface area is 95.6 Å². The number of benzene rings is 1. The van der Waals surface area contributed by atoms with Crippen molar-refractivity contribution in [1.29, 1.82) is 0 Å². The van der Waals surface area contributed by atoms with E-state index in [1.807, 2.05) is 0 Å². The molecule has 15 heavy (non-hydrogen) atoms. The Morgan fingerprint density at radius 2 is 1.53 bits per heavy atom. The van der Waals surface area contributed by atoms with E-state index < -0.39 is 25.4 Å². The monoisotopic (exact) mass is 280 g/mol. The molecule has 1 aromatic rings. The summed E-state index contributed by atoms with van der Waals surface area (Å²) in [6, 6.07) is 6.74. The first-order valence-corrected chi connectivity index (χ1v) is 5.68. The molecule has 0 bridgehead atoms. The second kappa shape index (κ2) is 5.54. The average molecular weight is 281 g/mol. The molecule has 0 aliphatic rings. The molecule has 1 aromatic carbocycles. The molecule has 0 nitrogen and oxygen atoms in total. The Balaban J connectivity index is 3.21. The summed E-state index contributed by atoms with van der Waals surface area (Å²) >= 11 is 3.22. The Hall–Kier alpha value is -0.510. The molecule has 84 valence electrons. The van der Waals surface area contributed by atoms with E-state index in [0.29, 0.717) is 10.9 Å². The number of alkyl halides is 4. The maximum Gasteiger partial charge on any atom is 0.104 e. The summed E-state index contributed by atoms with van der Waals surface area (Å²) in [5, 5.41) is 0.463. The molecule has 0 aliphatic heterocycles. The fourth-order valence-electron chi connectivity index (χ4n) is 1.48.